The van der Waals surface area contributed by atoms with Gasteiger partial charge in [-0.1, -0.05) is 0 Å². The fourth-order valence-electron chi connectivity index (χ4n) is 3.84. The van der Waals surface area contributed by atoms with E-state index >= 15 is 0 Å². The highest BCUT2D eigenvalue weighted by atomic mass is 32.2. The third kappa shape index (κ3) is 5.55. The van der Waals surface area contributed by atoms with Crippen LogP contribution in [-0.4, -0.2) is 68.8 Å². The number of nitrogens with one attached hydrogen (secondary N) is 1. The van der Waals surface area contributed by atoms with E-state index in [-0.39, 0.29) is 29.2 Å². The second kappa shape index (κ2) is 9.69. The van der Waals surface area contributed by atoms with Gasteiger partial charge in [-0.3, -0.25) is 14.5 Å². The van der Waals surface area contributed by atoms with Crippen LogP contribution in [-0.2, 0) is 24.3 Å². The van der Waals surface area contributed by atoms with E-state index in [0.29, 0.717) is 31.9 Å². The van der Waals surface area contributed by atoms with E-state index in [9.17, 15) is 18.0 Å². The lowest BCUT2D eigenvalue weighted by molar-refractivity contribution is -0.150. The maximum absolute atomic E-state index is 12.6. The van der Waals surface area contributed by atoms with E-state index in [0.717, 1.165) is 32.2 Å². The molecule has 160 valence electrons. The molecule has 0 unspecified atom stereocenters. The van der Waals surface area contributed by atoms with E-state index in [4.69, 9.17) is 4.74 Å². The number of benzene rings is 1. The third-order valence-electron chi connectivity index (χ3n) is 5.33. The first-order valence-electron chi connectivity index (χ1n) is 10.2. The summed E-state index contributed by atoms with van der Waals surface area (Å²) in [7, 11) is -3.46. The topological polar surface area (TPSA) is 96.0 Å². The quantitative estimate of drug-likeness (QED) is 0.671. The van der Waals surface area contributed by atoms with E-state index < -0.39 is 10.0 Å². The number of nitrogens with zero attached hydrogens (tertiary/aromatic N) is 2. The molecule has 8 nitrogen and oxygen atoms in total. The zero-order valence-electron chi connectivity index (χ0n) is 16.8. The number of hydrogen-bond acceptors (Lipinski definition) is 6. The summed E-state index contributed by atoms with van der Waals surface area (Å²) in [6.07, 6.45) is 3.41. The molecule has 1 atom stereocenters. The molecule has 0 saturated carbocycles. The second-order valence-corrected chi connectivity index (χ2v) is 9.45. The summed E-state index contributed by atoms with van der Waals surface area (Å²) in [5.41, 5.74) is 0.550. The standard InChI is InChI=1S/C20H29N3O5S/c1-2-28-20(25)16-6-5-11-22(14-16)15-19(24)21-17-7-9-18(10-8-17)29(26,27)23-12-3-4-13-23/h7-10,16H,2-6,11-15H2,1H3,(H,21,24)/t16-/m1/s1. The first-order valence-corrected chi connectivity index (χ1v) is 11.6. The van der Waals surface area contributed by atoms with Crippen LogP contribution in [0.5, 0.6) is 0 Å². The summed E-state index contributed by atoms with van der Waals surface area (Å²) in [4.78, 5) is 26.5. The first-order chi connectivity index (χ1) is 13.9. The molecule has 29 heavy (non-hydrogen) atoms. The van der Waals surface area contributed by atoms with Gasteiger partial charge < -0.3 is 10.1 Å². The molecule has 0 radical (unpaired) electrons. The van der Waals surface area contributed by atoms with Crippen molar-refractivity contribution in [1.82, 2.24) is 9.21 Å². The Labute approximate surface area is 172 Å². The molecule has 1 aromatic carbocycles. The maximum atomic E-state index is 12.6. The van der Waals surface area contributed by atoms with Gasteiger partial charge in [-0.15, -0.1) is 0 Å². The largest absolute Gasteiger partial charge is 0.466 e. The van der Waals surface area contributed by atoms with Crippen molar-refractivity contribution in [3.63, 3.8) is 0 Å². The number of piperidine rings is 1. The van der Waals surface area contributed by atoms with Crippen LogP contribution in [0.2, 0.25) is 0 Å². The number of hydrogen-bond donors (Lipinski definition) is 1. The Hall–Kier alpha value is -1.97. The molecule has 0 aliphatic carbocycles. The highest BCUT2D eigenvalue weighted by Gasteiger charge is 2.28. The normalized spacial score (nSPS) is 21.1. The number of likely N-dealkylation sites (tertiary alicyclic amines) is 1. The Morgan fingerprint density at radius 2 is 1.79 bits per heavy atom. The van der Waals surface area contributed by atoms with Gasteiger partial charge in [0.1, 0.15) is 0 Å². The Kier molecular flexibility index (Phi) is 7.26. The van der Waals surface area contributed by atoms with Gasteiger partial charge >= 0.3 is 5.97 Å². The van der Waals surface area contributed by atoms with E-state index in [2.05, 4.69) is 5.32 Å². The summed E-state index contributed by atoms with van der Waals surface area (Å²) in [5.74, 6) is -0.580. The molecule has 1 aromatic rings. The minimum atomic E-state index is -3.46. The summed E-state index contributed by atoms with van der Waals surface area (Å²) in [6, 6.07) is 6.28. The average molecular weight is 424 g/mol. The van der Waals surface area contributed by atoms with Gasteiger partial charge in [0.25, 0.3) is 0 Å². The molecule has 2 aliphatic rings. The van der Waals surface area contributed by atoms with Crippen molar-refractivity contribution in [3.05, 3.63) is 24.3 Å². The number of ether oxygens (including phenoxy) is 1. The molecular weight excluding hydrogens is 394 g/mol. The van der Waals surface area contributed by atoms with Gasteiger partial charge in [0, 0.05) is 25.3 Å². The molecule has 0 spiro atoms. The van der Waals surface area contributed by atoms with E-state index in [1.165, 1.54) is 16.4 Å². The third-order valence-corrected chi connectivity index (χ3v) is 7.25. The minimum absolute atomic E-state index is 0.184. The van der Waals surface area contributed by atoms with Crippen molar-refractivity contribution in [3.8, 4) is 0 Å². The van der Waals surface area contributed by atoms with Gasteiger partial charge in [-0.25, -0.2) is 8.42 Å². The summed E-state index contributed by atoms with van der Waals surface area (Å²) < 4.78 is 31.7. The molecule has 2 heterocycles. The monoisotopic (exact) mass is 423 g/mol. The lowest BCUT2D eigenvalue weighted by Gasteiger charge is -2.30. The van der Waals surface area contributed by atoms with Crippen LogP contribution in [0.25, 0.3) is 0 Å². The summed E-state index contributed by atoms with van der Waals surface area (Å²) >= 11 is 0. The lowest BCUT2D eigenvalue weighted by atomic mass is 9.98. The molecule has 0 aromatic heterocycles. The molecule has 3 rings (SSSR count). The van der Waals surface area contributed by atoms with Crippen molar-refractivity contribution in [2.75, 3.05) is 44.6 Å². The molecule has 2 aliphatic heterocycles. The number of anilines is 1. The SMILES string of the molecule is CCOC(=O)[C@@H]1CCCN(CC(=O)Nc2ccc(S(=O)(=O)N3CCCC3)cc2)C1. The average Bonchev–Trinajstić information content (AvgIpc) is 3.24. The molecule has 0 bridgehead atoms. The van der Waals surface area contributed by atoms with Gasteiger partial charge in [0.05, 0.1) is 24.0 Å². The van der Waals surface area contributed by atoms with Crippen molar-refractivity contribution in [2.45, 2.75) is 37.5 Å². The number of rotatable bonds is 7. The van der Waals surface area contributed by atoms with Crippen LogP contribution in [0.3, 0.4) is 0 Å². The Balaban J connectivity index is 1.53. The molecule has 2 fully saturated rings. The van der Waals surface area contributed by atoms with Crippen LogP contribution in [0.1, 0.15) is 32.6 Å². The number of sulfonamides is 1. The van der Waals surface area contributed by atoms with Gasteiger partial charge in [0.2, 0.25) is 15.9 Å². The zero-order valence-corrected chi connectivity index (χ0v) is 17.6. The lowest BCUT2D eigenvalue weighted by Crippen LogP contribution is -2.43. The Bertz CT molecular complexity index is 819. The smallest absolute Gasteiger partial charge is 0.310 e. The molecule has 9 heteroatoms. The fraction of sp³-hybridized carbons (Fsp3) is 0.600. The van der Waals surface area contributed by atoms with Gasteiger partial charge in [0.15, 0.2) is 0 Å². The van der Waals surface area contributed by atoms with Gasteiger partial charge in [-0.05, 0) is 63.4 Å². The molecular formula is C20H29N3O5S. The van der Waals surface area contributed by atoms with Crippen molar-refractivity contribution < 1.29 is 22.7 Å². The van der Waals surface area contributed by atoms with Crippen LogP contribution >= 0.6 is 0 Å². The van der Waals surface area contributed by atoms with Crippen molar-refractivity contribution >= 4 is 27.6 Å². The second-order valence-electron chi connectivity index (χ2n) is 7.51. The number of carbonyl (C=O) groups excluding carboxylic acids is 2. The van der Waals surface area contributed by atoms with Crippen LogP contribution in [0, 0.1) is 5.92 Å². The summed E-state index contributed by atoms with van der Waals surface area (Å²) in [6.45, 7) is 4.72. The van der Waals surface area contributed by atoms with Crippen LogP contribution in [0.15, 0.2) is 29.2 Å². The Morgan fingerprint density at radius 3 is 2.45 bits per heavy atom. The predicted octanol–water partition coefficient (Wildman–Crippen LogP) is 1.68. The highest BCUT2D eigenvalue weighted by Crippen LogP contribution is 2.22. The molecule has 1 N–H and O–H groups in total. The number of carbonyl (C=O) groups is 2. The maximum Gasteiger partial charge on any atom is 0.310 e. The number of amides is 1. The zero-order chi connectivity index (χ0) is 20.9. The van der Waals surface area contributed by atoms with Gasteiger partial charge in [-0.2, -0.15) is 4.31 Å². The van der Waals surface area contributed by atoms with E-state index in [1.54, 1.807) is 19.1 Å². The first kappa shape index (κ1) is 21.7. The molecule has 2 saturated heterocycles. The van der Waals surface area contributed by atoms with E-state index in [1.807, 2.05) is 4.90 Å². The highest BCUT2D eigenvalue weighted by molar-refractivity contribution is 7.89. The minimum Gasteiger partial charge on any atom is -0.466 e. The van der Waals surface area contributed by atoms with Crippen molar-refractivity contribution in [1.29, 1.82) is 0 Å². The predicted molar refractivity (Wildman–Crippen MR) is 109 cm³/mol. The number of esters is 1. The van der Waals surface area contributed by atoms with Crippen molar-refractivity contribution in [2.24, 2.45) is 5.92 Å². The fourth-order valence-corrected chi connectivity index (χ4v) is 5.36. The Morgan fingerprint density at radius 1 is 1.10 bits per heavy atom. The summed E-state index contributed by atoms with van der Waals surface area (Å²) in [5, 5.41) is 2.80. The van der Waals surface area contributed by atoms with Crippen LogP contribution in [0.4, 0.5) is 5.69 Å². The van der Waals surface area contributed by atoms with Crippen LogP contribution < -0.4 is 5.32 Å². The molecule has 1 amide bonds.